The molecule has 14 atom stereocenters. The van der Waals surface area contributed by atoms with Crippen LogP contribution in [0.4, 0.5) is 23.2 Å². The first kappa shape index (κ1) is 124. The molecule has 764 valence electrons. The van der Waals surface area contributed by atoms with Gasteiger partial charge >= 0.3 is 35.7 Å². The van der Waals surface area contributed by atoms with Gasteiger partial charge < -0.3 is 121 Å². The molecule has 0 saturated carbocycles. The van der Waals surface area contributed by atoms with E-state index in [1.54, 1.807) is 55.5 Å². The maximum absolute atomic E-state index is 12.5. The lowest BCUT2D eigenvalue weighted by Crippen LogP contribution is -2.48. The number of likely N-dealkylation sites (N-methyl/N-ethyl adjacent to an activating group) is 1. The number of carboxylic acid groups (broad SMARTS) is 3. The number of rotatable bonds is 40. The molecule has 35 nitrogen and oxygen atoms in total. The Morgan fingerprint density at radius 3 is 1.90 bits per heavy atom. The number of phenolic OH excluding ortho intramolecular Hbond substituents is 1. The number of aliphatic hydroxyl groups is 5. The van der Waals surface area contributed by atoms with Crippen LogP contribution in [-0.2, 0) is 62.3 Å². The summed E-state index contributed by atoms with van der Waals surface area (Å²) in [6.07, 6.45) is 11.3. The monoisotopic (exact) mass is 2060 g/mol. The summed E-state index contributed by atoms with van der Waals surface area (Å²) >= 11 is 4.12. The van der Waals surface area contributed by atoms with Crippen LogP contribution >= 0.6 is 80.6 Å². The van der Waals surface area contributed by atoms with Gasteiger partial charge in [0.05, 0.1) is 55.9 Å². The molecule has 6 fully saturated rings. The predicted molar refractivity (Wildman–Crippen MR) is 520 cm³/mol. The SMILES string of the molecule is CC(=O)NCCC1CNc2ccc(O)cc21.CC(F)(F)C(=O)O.CC(F)(F)C(=O)O.CC1OC(COC2CCCNC2)C(O)C1O.C[N+](C)(C)CCOC(=O)CCCCC1CCSS1.Cl.Cl.NC(CCCNC(=O)C(CS)NC(=O)CCCCC1CCSS1)C(=O)O.O=[n+]1c2ccccc2[nH]c2c(OCC3OC(O)C(O)C3O)cccc21.[C-]#[N+]CCCCS(=O)(=O)CCCN1CCCC1. The number of unbranched alkanes of at least 4 members (excludes halogenated alkanes) is 3. The van der Waals surface area contributed by atoms with E-state index in [0.717, 1.165) is 129 Å². The molecule has 11 rings (SSSR count). The Bertz CT molecular complexity index is 4320. The van der Waals surface area contributed by atoms with E-state index in [1.807, 2.05) is 55.3 Å². The van der Waals surface area contributed by atoms with Crippen LogP contribution in [0, 0.1) is 11.5 Å². The van der Waals surface area contributed by atoms with Crippen molar-refractivity contribution in [3.05, 3.63) is 82.6 Å². The van der Waals surface area contributed by atoms with Gasteiger partial charge in [0, 0.05) is 123 Å². The third kappa shape index (κ3) is 50.1. The Morgan fingerprint density at radius 1 is 0.746 bits per heavy atom. The molecule has 8 heterocycles. The average Bonchev–Trinajstić information content (AvgIpc) is 1.06. The topological polar surface area (TPSA) is 514 Å². The number of ether oxygens (including phenoxy) is 5. The quantitative estimate of drug-likeness (QED) is 0.00189. The Labute approximate surface area is 815 Å². The van der Waals surface area contributed by atoms with E-state index in [1.165, 1.54) is 50.5 Å². The number of amides is 3. The average molecular weight is 2060 g/mol. The van der Waals surface area contributed by atoms with Crippen molar-refractivity contribution in [2.24, 2.45) is 5.73 Å². The highest BCUT2D eigenvalue weighted by atomic mass is 35.5. The van der Waals surface area contributed by atoms with Crippen LogP contribution in [0.25, 0.3) is 26.9 Å². The fraction of sp³-hybridized carbons (Fsp3) is 0.701. The van der Waals surface area contributed by atoms with Gasteiger partial charge in [0.25, 0.3) is 11.0 Å². The van der Waals surface area contributed by atoms with Crippen LogP contribution in [0.1, 0.15) is 168 Å². The highest BCUT2D eigenvalue weighted by Crippen LogP contribution is 2.41. The number of nitrogens with one attached hydrogen (secondary N) is 6. The molecular formula is C87H141Cl2F4N11O24S6+2. The number of carboxylic acids is 3. The van der Waals surface area contributed by atoms with Gasteiger partial charge in [-0.3, -0.25) is 24.0 Å². The van der Waals surface area contributed by atoms with Crippen LogP contribution in [0.2, 0.25) is 0 Å². The maximum atomic E-state index is 12.5. The minimum atomic E-state index is -3.58. The molecule has 47 heteroatoms. The number of anilines is 1. The second-order valence-corrected chi connectivity index (χ2v) is 42.1. The number of aromatic nitrogens is 2. The fourth-order valence-electron chi connectivity index (χ4n) is 13.6. The number of piperidine rings is 1. The van der Waals surface area contributed by atoms with Gasteiger partial charge in [0.1, 0.15) is 95.3 Å². The number of hydrogen-bond donors (Lipinski definition) is 17. The Kier molecular flexibility index (Phi) is 60.7. The minimum Gasteiger partial charge on any atom is -0.508 e. The first-order valence-electron chi connectivity index (χ1n) is 44.5. The largest absolute Gasteiger partial charge is 0.508 e. The van der Waals surface area contributed by atoms with Crippen molar-refractivity contribution in [3.63, 3.8) is 0 Å². The zero-order chi connectivity index (χ0) is 98.2. The van der Waals surface area contributed by atoms with Crippen LogP contribution in [0.3, 0.4) is 0 Å². The van der Waals surface area contributed by atoms with Crippen molar-refractivity contribution in [2.75, 3.05) is 140 Å². The Hall–Kier alpha value is -6.24. The van der Waals surface area contributed by atoms with E-state index < -0.39 is 94.6 Å². The van der Waals surface area contributed by atoms with Gasteiger partial charge in [-0.25, -0.2) is 24.6 Å². The number of carbonyl (C=O) groups excluding carboxylic acids is 4. The van der Waals surface area contributed by atoms with E-state index in [4.69, 9.17) is 51.3 Å². The number of likely N-dealkylation sites (tertiary alicyclic amines) is 1. The number of H-pyrrole nitrogens is 1. The van der Waals surface area contributed by atoms with Crippen molar-refractivity contribution in [3.8, 4) is 11.5 Å². The van der Waals surface area contributed by atoms with Crippen molar-refractivity contribution in [1.29, 1.82) is 0 Å². The zero-order valence-corrected chi connectivity index (χ0v) is 83.7. The third-order valence-electron chi connectivity index (χ3n) is 21.4. The third-order valence-corrected chi connectivity index (χ3v) is 29.6. The molecule has 3 amide bonds. The van der Waals surface area contributed by atoms with E-state index in [2.05, 4.69) is 75.1 Å². The summed E-state index contributed by atoms with van der Waals surface area (Å²) in [7, 11) is 11.3. The van der Waals surface area contributed by atoms with Gasteiger partial charge in [-0.15, -0.1) is 24.8 Å². The lowest BCUT2D eigenvalue weighted by molar-refractivity contribution is -0.870. The van der Waals surface area contributed by atoms with Crippen LogP contribution < -0.4 is 41.5 Å². The number of aromatic amines is 1. The van der Waals surface area contributed by atoms with Crippen molar-refractivity contribution >= 4 is 160 Å². The number of nitrogens with two attached hydrogens (primary N) is 1. The number of aromatic hydroxyl groups is 1. The minimum absolute atomic E-state index is 0. The van der Waals surface area contributed by atoms with Crippen molar-refractivity contribution < 1.29 is 138 Å². The number of thiol groups is 1. The van der Waals surface area contributed by atoms with Crippen molar-refractivity contribution in [1.82, 2.24) is 31.2 Å². The first-order valence-corrected chi connectivity index (χ1v) is 51.7. The number of quaternary nitrogens is 1. The molecule has 7 aliphatic rings. The van der Waals surface area contributed by atoms with Gasteiger partial charge in [0.15, 0.2) is 11.8 Å². The number of para-hydroxylation sites is 3. The molecule has 3 aromatic carbocycles. The first-order chi connectivity index (χ1) is 62.3. The van der Waals surface area contributed by atoms with E-state index in [-0.39, 0.29) is 85.2 Å². The van der Waals surface area contributed by atoms with Gasteiger partial charge in [0.2, 0.25) is 24.3 Å². The number of phenols is 1. The number of sulfone groups is 1. The maximum Gasteiger partial charge on any atom is 0.374 e. The summed E-state index contributed by atoms with van der Waals surface area (Å²) in [5, 5.41) is 97.4. The van der Waals surface area contributed by atoms with Crippen molar-refractivity contribution in [2.45, 2.75) is 252 Å². The summed E-state index contributed by atoms with van der Waals surface area (Å²) < 4.78 is 97.1. The molecule has 0 bridgehead atoms. The number of aliphatic carboxylic acids is 3. The number of benzene rings is 3. The molecule has 14 unspecified atom stereocenters. The standard InChI is InChI=1S/C17H17N2O6.C16H29N3O4S3.C13H26NO2S2.C12H22N2O2S.C12H16N2O2.C11H21NO4.2C3H4F2O2.2ClH/c20-15-13(25-17(22)16(15)21)8-24-12-7-3-6-11-14(12)18-9-4-1-2-5-10(9)19(11)23;17-12(16(22)23)5-3-8-18-15(21)13(10-24)19-14(20)6-2-1-4-11-7-9-25-26-11;1-14(2,3)9-10-16-13(15)7-5-4-6-12-8-11-17-18-12;1-13-7-2-5-11-17(15,16)12-6-10-14-8-3-4-9-14;1-8(15)13-5-4-9-7-14-12-3-2-10(16)6-11(9)12;1-7-10(13)11(14)9(16-7)6-15-8-3-2-4-12-5-8;2*1-3(4,5)2(6)7;;/h1-7,13,15-17,20-22H,8H2,(H,18,23);11-13,24H,1-10,17H2,(H,18,21)(H,19,20)(H,22,23);12H,4-11H2,1-3H3;2-12H2;2-3,6,9,14,16H,4-5,7H2,1H3,(H,13,15);7-14H,2-6H2,1H3;2*1H3,(H,6,7);2*1H/q+1;;+1;;;;;;;. The van der Waals surface area contributed by atoms with E-state index >= 15 is 0 Å². The number of aliphatic hydroxyl groups excluding tert-OH is 5. The lowest BCUT2D eigenvalue weighted by atomic mass is 9.98. The highest BCUT2D eigenvalue weighted by Gasteiger charge is 2.43. The molecule has 0 spiro atoms. The number of alkyl halides is 4. The molecule has 0 aliphatic carbocycles. The number of fused-ring (bicyclic) bond motifs is 3. The summed E-state index contributed by atoms with van der Waals surface area (Å²) in [4.78, 5) is 96.7. The Balaban J connectivity index is 0.000000531. The molecule has 134 heavy (non-hydrogen) atoms. The van der Waals surface area contributed by atoms with Gasteiger partial charge in [-0.05, 0) is 165 Å². The normalized spacial score (nSPS) is 22.1. The van der Waals surface area contributed by atoms with Crippen LogP contribution in [0.15, 0.2) is 60.7 Å². The fourth-order valence-corrected chi connectivity index (χ4v) is 21.4. The number of esters is 1. The smallest absolute Gasteiger partial charge is 0.374 e. The van der Waals surface area contributed by atoms with E-state index in [9.17, 15) is 95.1 Å². The molecular weight excluding hydrogens is 1920 g/mol. The number of hydrogen-bond acceptors (Lipinski definition) is 30. The predicted octanol–water partition coefficient (Wildman–Crippen LogP) is 9.00. The Morgan fingerprint density at radius 2 is 1.35 bits per heavy atom. The van der Waals surface area contributed by atoms with E-state index in [0.29, 0.717) is 129 Å². The lowest BCUT2D eigenvalue weighted by Gasteiger charge is -2.25. The summed E-state index contributed by atoms with van der Waals surface area (Å²) in [5.41, 5.74) is 9.71. The molecule has 7 aliphatic heterocycles. The summed E-state index contributed by atoms with van der Waals surface area (Å²) in [5.74, 6) is -8.52. The second kappa shape index (κ2) is 65.6. The molecule has 17 N–H and O–H groups in total. The molecule has 0 radical (unpaired) electrons. The molecule has 6 saturated heterocycles. The number of nitrogens with zero attached hydrogens (tertiary/aromatic N) is 4. The second-order valence-electron chi connectivity index (χ2n) is 33.8. The van der Waals surface area contributed by atoms with Crippen LogP contribution in [0.5, 0.6) is 11.5 Å². The van der Waals surface area contributed by atoms with Crippen LogP contribution in [-0.4, -0.2) is 335 Å². The molecule has 1 aromatic heterocycles. The summed E-state index contributed by atoms with van der Waals surface area (Å²) in [6.45, 7) is 19.6. The summed E-state index contributed by atoms with van der Waals surface area (Å²) in [6, 6.07) is 15.9. The molecule has 4 aromatic rings. The number of carbonyl (C=O) groups is 7. The van der Waals surface area contributed by atoms with Gasteiger partial charge in [-0.2, -0.15) is 30.2 Å². The highest BCUT2D eigenvalue weighted by molar-refractivity contribution is 8.77. The zero-order valence-electron chi connectivity index (χ0n) is 77.1. The number of halogens is 6. The van der Waals surface area contributed by atoms with Gasteiger partial charge in [-0.1, -0.05) is 74.2 Å².